The van der Waals surface area contributed by atoms with Crippen molar-refractivity contribution in [3.8, 4) is 0 Å². The van der Waals surface area contributed by atoms with E-state index < -0.39 is 0 Å². The van der Waals surface area contributed by atoms with Crippen molar-refractivity contribution in [1.82, 2.24) is 10.2 Å². The number of esters is 1. The lowest BCUT2D eigenvalue weighted by Gasteiger charge is -2.38. The molecule has 0 amide bonds. The number of ether oxygens (including phenoxy) is 1. The molecular formula is C10H20N2O2. The fourth-order valence-electron chi connectivity index (χ4n) is 2.01. The maximum absolute atomic E-state index is 11.3. The number of nitrogens with zero attached hydrogens (tertiary/aromatic N) is 1. The molecule has 0 spiro atoms. The number of carbonyl (C=O) groups is 1. The van der Waals surface area contributed by atoms with Crippen LogP contribution in [0, 0.1) is 0 Å². The first-order valence-electron chi connectivity index (χ1n) is 5.12. The van der Waals surface area contributed by atoms with Gasteiger partial charge in [-0.05, 0) is 20.8 Å². The first-order chi connectivity index (χ1) is 6.54. The Morgan fingerprint density at radius 3 is 2.36 bits per heavy atom. The van der Waals surface area contributed by atoms with Crippen molar-refractivity contribution >= 4 is 5.97 Å². The number of hydrogen-bond acceptors (Lipinski definition) is 4. The zero-order valence-corrected chi connectivity index (χ0v) is 9.41. The van der Waals surface area contributed by atoms with E-state index in [0.29, 0.717) is 12.1 Å². The Morgan fingerprint density at radius 1 is 1.43 bits per heavy atom. The Kier molecular flexibility index (Phi) is 3.89. The molecule has 1 rings (SSSR count). The Balaban J connectivity index is 2.54. The molecule has 1 N–H and O–H groups in total. The molecule has 1 aliphatic rings. The lowest BCUT2D eigenvalue weighted by molar-refractivity contribution is -0.146. The van der Waals surface area contributed by atoms with E-state index in [1.54, 1.807) is 0 Å². The molecule has 82 valence electrons. The number of carbonyl (C=O) groups excluding carboxylic acids is 1. The molecule has 3 atom stereocenters. The predicted octanol–water partition coefficient (Wildman–Crippen LogP) is 0.230. The van der Waals surface area contributed by atoms with E-state index in [1.165, 1.54) is 7.11 Å². The van der Waals surface area contributed by atoms with Crippen LogP contribution in [0.2, 0.25) is 0 Å². The molecule has 4 heteroatoms. The second kappa shape index (κ2) is 4.75. The maximum atomic E-state index is 11.3. The molecule has 1 saturated heterocycles. The summed E-state index contributed by atoms with van der Waals surface area (Å²) in [5.41, 5.74) is 0. The van der Waals surface area contributed by atoms with E-state index in [-0.39, 0.29) is 12.0 Å². The van der Waals surface area contributed by atoms with Gasteiger partial charge in [0.25, 0.3) is 0 Å². The summed E-state index contributed by atoms with van der Waals surface area (Å²) >= 11 is 0. The molecule has 4 nitrogen and oxygen atoms in total. The Morgan fingerprint density at radius 2 is 1.93 bits per heavy atom. The van der Waals surface area contributed by atoms with Crippen LogP contribution in [0.1, 0.15) is 20.8 Å². The normalized spacial score (nSPS) is 31.1. The number of rotatable bonds is 2. The topological polar surface area (TPSA) is 41.6 Å². The minimum atomic E-state index is -0.147. The molecule has 0 aromatic rings. The number of nitrogens with one attached hydrogen (secondary N) is 1. The maximum Gasteiger partial charge on any atom is 0.322 e. The van der Waals surface area contributed by atoms with E-state index in [0.717, 1.165) is 13.1 Å². The van der Waals surface area contributed by atoms with Crippen LogP contribution < -0.4 is 5.32 Å². The monoisotopic (exact) mass is 200 g/mol. The molecule has 0 aromatic heterocycles. The van der Waals surface area contributed by atoms with Crippen LogP contribution >= 0.6 is 0 Å². The summed E-state index contributed by atoms with van der Waals surface area (Å²) in [6.45, 7) is 7.97. The first-order valence-corrected chi connectivity index (χ1v) is 5.12. The molecule has 0 saturated carbocycles. The summed E-state index contributed by atoms with van der Waals surface area (Å²) in [7, 11) is 1.44. The molecule has 3 unspecified atom stereocenters. The third-order valence-electron chi connectivity index (χ3n) is 2.68. The standard InChI is InChI=1S/C10H20N2O2/c1-7-5-12(6-8(2)11-7)9(3)10(13)14-4/h7-9,11H,5-6H2,1-4H3. The van der Waals surface area contributed by atoms with Crippen molar-refractivity contribution in [2.24, 2.45) is 0 Å². The van der Waals surface area contributed by atoms with Gasteiger partial charge >= 0.3 is 5.97 Å². The zero-order valence-electron chi connectivity index (χ0n) is 9.41. The summed E-state index contributed by atoms with van der Waals surface area (Å²) in [5, 5.41) is 3.43. The molecule has 0 bridgehead atoms. The molecule has 0 aliphatic carbocycles. The van der Waals surface area contributed by atoms with Crippen LogP contribution in [0.5, 0.6) is 0 Å². The average Bonchev–Trinajstić information content (AvgIpc) is 2.14. The van der Waals surface area contributed by atoms with Gasteiger partial charge in [-0.25, -0.2) is 0 Å². The van der Waals surface area contributed by atoms with Crippen molar-refractivity contribution in [2.75, 3.05) is 20.2 Å². The van der Waals surface area contributed by atoms with Gasteiger partial charge in [-0.15, -0.1) is 0 Å². The third kappa shape index (κ3) is 2.69. The van der Waals surface area contributed by atoms with Gasteiger partial charge in [-0.2, -0.15) is 0 Å². The molecular weight excluding hydrogens is 180 g/mol. The number of methoxy groups -OCH3 is 1. The summed E-state index contributed by atoms with van der Waals surface area (Å²) in [6.07, 6.45) is 0. The van der Waals surface area contributed by atoms with Crippen molar-refractivity contribution in [3.63, 3.8) is 0 Å². The van der Waals surface area contributed by atoms with Gasteiger partial charge in [0, 0.05) is 25.2 Å². The SMILES string of the molecule is COC(=O)C(C)N1CC(C)NC(C)C1. The lowest BCUT2D eigenvalue weighted by Crippen LogP contribution is -2.58. The Bertz CT molecular complexity index is 198. The molecule has 14 heavy (non-hydrogen) atoms. The van der Waals surface area contributed by atoms with Crippen molar-refractivity contribution in [3.05, 3.63) is 0 Å². The van der Waals surface area contributed by atoms with Gasteiger partial charge in [-0.1, -0.05) is 0 Å². The van der Waals surface area contributed by atoms with E-state index in [2.05, 4.69) is 24.1 Å². The minimum Gasteiger partial charge on any atom is -0.468 e. The van der Waals surface area contributed by atoms with E-state index >= 15 is 0 Å². The van der Waals surface area contributed by atoms with Crippen molar-refractivity contribution < 1.29 is 9.53 Å². The molecule has 0 radical (unpaired) electrons. The second-order valence-corrected chi connectivity index (χ2v) is 4.12. The van der Waals surface area contributed by atoms with Gasteiger partial charge in [0.05, 0.1) is 7.11 Å². The highest BCUT2D eigenvalue weighted by Gasteiger charge is 2.28. The highest BCUT2D eigenvalue weighted by Crippen LogP contribution is 2.09. The fraction of sp³-hybridized carbons (Fsp3) is 0.900. The first kappa shape index (κ1) is 11.5. The van der Waals surface area contributed by atoms with Crippen LogP contribution in [0.25, 0.3) is 0 Å². The Hall–Kier alpha value is -0.610. The quantitative estimate of drug-likeness (QED) is 0.648. The predicted molar refractivity (Wildman–Crippen MR) is 55.1 cm³/mol. The van der Waals surface area contributed by atoms with Gasteiger partial charge < -0.3 is 10.1 Å². The van der Waals surface area contributed by atoms with E-state index in [9.17, 15) is 4.79 Å². The largest absolute Gasteiger partial charge is 0.468 e. The molecule has 1 aliphatic heterocycles. The van der Waals surface area contributed by atoms with Crippen molar-refractivity contribution in [1.29, 1.82) is 0 Å². The van der Waals surface area contributed by atoms with E-state index in [4.69, 9.17) is 4.74 Å². The summed E-state index contributed by atoms with van der Waals surface area (Å²) in [6, 6.07) is 0.740. The average molecular weight is 200 g/mol. The number of hydrogen-bond donors (Lipinski definition) is 1. The van der Waals surface area contributed by atoms with E-state index in [1.807, 2.05) is 6.92 Å². The van der Waals surface area contributed by atoms with Gasteiger partial charge in [0.1, 0.15) is 6.04 Å². The summed E-state index contributed by atoms with van der Waals surface area (Å²) in [5.74, 6) is -0.147. The van der Waals surface area contributed by atoms with Crippen LogP contribution in [0.4, 0.5) is 0 Å². The zero-order chi connectivity index (χ0) is 10.7. The third-order valence-corrected chi connectivity index (χ3v) is 2.68. The van der Waals surface area contributed by atoms with Crippen LogP contribution in [0.3, 0.4) is 0 Å². The van der Waals surface area contributed by atoms with Crippen molar-refractivity contribution in [2.45, 2.75) is 38.9 Å². The summed E-state index contributed by atoms with van der Waals surface area (Å²) in [4.78, 5) is 13.5. The second-order valence-electron chi connectivity index (χ2n) is 4.12. The minimum absolute atomic E-state index is 0.132. The Labute approximate surface area is 85.6 Å². The molecule has 1 heterocycles. The van der Waals surface area contributed by atoms with Crippen LogP contribution in [0.15, 0.2) is 0 Å². The highest BCUT2D eigenvalue weighted by molar-refractivity contribution is 5.75. The molecule has 1 fully saturated rings. The van der Waals surface area contributed by atoms with Crippen LogP contribution in [-0.2, 0) is 9.53 Å². The lowest BCUT2D eigenvalue weighted by atomic mass is 10.1. The smallest absolute Gasteiger partial charge is 0.322 e. The number of piperazine rings is 1. The summed E-state index contributed by atoms with van der Waals surface area (Å²) < 4.78 is 4.73. The van der Waals surface area contributed by atoms with Gasteiger partial charge in [-0.3, -0.25) is 9.69 Å². The van der Waals surface area contributed by atoms with Crippen LogP contribution in [-0.4, -0.2) is 49.2 Å². The highest BCUT2D eigenvalue weighted by atomic mass is 16.5. The van der Waals surface area contributed by atoms with Gasteiger partial charge in [0.2, 0.25) is 0 Å². The fourth-order valence-corrected chi connectivity index (χ4v) is 2.01. The van der Waals surface area contributed by atoms with Gasteiger partial charge in [0.15, 0.2) is 0 Å². The molecule has 0 aromatic carbocycles.